The Morgan fingerprint density at radius 3 is 1.85 bits per heavy atom. The van der Waals surface area contributed by atoms with Gasteiger partial charge in [0.15, 0.2) is 0 Å². The van der Waals surface area contributed by atoms with Gasteiger partial charge in [0.1, 0.15) is 35.4 Å². The minimum absolute atomic E-state index is 0.0133. The smallest absolute Gasteiger partial charge is 0.325 e. The number of anilines is 2. The van der Waals surface area contributed by atoms with Gasteiger partial charge in [0.25, 0.3) is 0 Å². The molecule has 0 aliphatic rings. The Labute approximate surface area is 314 Å². The van der Waals surface area contributed by atoms with E-state index in [9.17, 15) is 40.4 Å². The first-order valence-electron chi connectivity index (χ1n) is 16.0. The summed E-state index contributed by atoms with van der Waals surface area (Å²) in [5, 5.41) is 4.97. The van der Waals surface area contributed by atoms with Crippen molar-refractivity contribution >= 4 is 82.4 Å². The number of thiazole rings is 1. The molecule has 0 radical (unpaired) electrons. The molecule has 280 valence electrons. The monoisotopic (exact) mass is 798 g/mol. The first kappa shape index (κ1) is 38.3. The number of hydrogen-bond acceptors (Lipinski definition) is 8. The number of nitrogens with one attached hydrogen (secondary N) is 3. The van der Waals surface area contributed by atoms with Crippen LogP contribution in [0.4, 0.5) is 33.7 Å². The van der Waals surface area contributed by atoms with E-state index in [1.165, 1.54) is 41.7 Å². The molecule has 11 nitrogen and oxygen atoms in total. The molecule has 0 saturated heterocycles. The minimum atomic E-state index is -4.96. The van der Waals surface area contributed by atoms with Gasteiger partial charge in [0, 0.05) is 48.7 Å². The summed E-state index contributed by atoms with van der Waals surface area (Å²) >= 11 is 2.86. The summed E-state index contributed by atoms with van der Waals surface area (Å²) in [5.74, 6) is -5.41. The van der Waals surface area contributed by atoms with Gasteiger partial charge in [-0.1, -0.05) is 0 Å². The van der Waals surface area contributed by atoms with Crippen LogP contribution in [0, 0.1) is 23.3 Å². The van der Waals surface area contributed by atoms with Crippen LogP contribution in [0.2, 0.25) is 0 Å². The summed E-state index contributed by atoms with van der Waals surface area (Å²) in [6, 6.07) is 12.3. The average molecular weight is 799 g/mol. The predicted molar refractivity (Wildman–Crippen MR) is 200 cm³/mol. The van der Waals surface area contributed by atoms with Crippen molar-refractivity contribution in [2.24, 2.45) is 0 Å². The Balaban J connectivity index is 1.24. The number of carbonyl (C=O) groups excluding carboxylic acids is 3. The average Bonchev–Trinajstić information content (AvgIpc) is 3.77. The maximum atomic E-state index is 14.1. The number of rotatable bonds is 12. The van der Waals surface area contributed by atoms with Crippen LogP contribution in [0.5, 0.6) is 0 Å². The number of halogens is 4. The van der Waals surface area contributed by atoms with Gasteiger partial charge in [-0.15, -0.1) is 22.7 Å². The highest BCUT2D eigenvalue weighted by atomic mass is 32.2. The highest BCUT2D eigenvalue weighted by molar-refractivity contribution is 7.88. The molecule has 2 heterocycles. The summed E-state index contributed by atoms with van der Waals surface area (Å²) < 4.78 is 88.9. The summed E-state index contributed by atoms with van der Waals surface area (Å²) in [7, 11) is -2.18. The van der Waals surface area contributed by atoms with Crippen LogP contribution in [-0.4, -0.2) is 57.4 Å². The number of carbonyl (C=O) groups is 3. The van der Waals surface area contributed by atoms with Gasteiger partial charge >= 0.3 is 16.2 Å². The Morgan fingerprint density at radius 1 is 0.704 bits per heavy atom. The maximum absolute atomic E-state index is 14.1. The van der Waals surface area contributed by atoms with Crippen molar-refractivity contribution < 1.29 is 40.4 Å². The lowest BCUT2D eigenvalue weighted by Gasteiger charge is -2.26. The van der Waals surface area contributed by atoms with E-state index in [0.29, 0.717) is 29.0 Å². The van der Waals surface area contributed by atoms with E-state index in [4.69, 9.17) is 0 Å². The highest BCUT2D eigenvalue weighted by Gasteiger charge is 2.32. The third-order valence-electron chi connectivity index (χ3n) is 8.34. The van der Waals surface area contributed by atoms with Crippen LogP contribution >= 0.6 is 22.7 Å². The van der Waals surface area contributed by atoms with E-state index >= 15 is 0 Å². The molecule has 18 heteroatoms. The van der Waals surface area contributed by atoms with Gasteiger partial charge in [-0.3, -0.25) is 9.59 Å². The normalized spacial score (nSPS) is 12.7. The zero-order chi connectivity index (χ0) is 38.7. The Kier molecular flexibility index (Phi) is 11.3. The molecular formula is C36H30F4N6O5S3. The van der Waals surface area contributed by atoms with Crippen molar-refractivity contribution in [2.75, 3.05) is 23.9 Å². The molecule has 6 rings (SSSR count). The van der Waals surface area contributed by atoms with Gasteiger partial charge < -0.3 is 15.1 Å². The van der Waals surface area contributed by atoms with Crippen LogP contribution in [0.15, 0.2) is 89.8 Å². The maximum Gasteiger partial charge on any atom is 0.330 e. The molecular weight excluding hydrogens is 769 g/mol. The second-order valence-corrected chi connectivity index (χ2v) is 15.5. The molecule has 0 aliphatic heterocycles. The lowest BCUT2D eigenvalue weighted by atomic mass is 10.0. The zero-order valence-corrected chi connectivity index (χ0v) is 30.8. The molecule has 4 aromatic carbocycles. The van der Waals surface area contributed by atoms with Gasteiger partial charge in [-0.05, 0) is 95.0 Å². The number of thiophene rings is 1. The molecule has 0 aliphatic carbocycles. The summed E-state index contributed by atoms with van der Waals surface area (Å²) in [5.41, 5.74) is 2.85. The van der Waals surface area contributed by atoms with Gasteiger partial charge in [-0.25, -0.2) is 32.1 Å². The van der Waals surface area contributed by atoms with Crippen molar-refractivity contribution in [3.8, 4) is 0 Å². The summed E-state index contributed by atoms with van der Waals surface area (Å²) in [6.45, 7) is 0. The number of hydrogen-bond donors (Lipinski definition) is 3. The molecule has 0 unspecified atom stereocenters. The number of amides is 4. The van der Waals surface area contributed by atoms with Crippen LogP contribution in [0.1, 0.15) is 11.1 Å². The minimum Gasteiger partial charge on any atom is -0.325 e. The number of urea groups is 1. The molecule has 0 fully saturated rings. The first-order valence-corrected chi connectivity index (χ1v) is 19.2. The quantitative estimate of drug-likeness (QED) is 0.129. The second-order valence-electron chi connectivity index (χ2n) is 12.2. The molecule has 3 N–H and O–H groups in total. The number of fused-ring (bicyclic) bond motifs is 2. The Hall–Kier alpha value is -5.43. The largest absolute Gasteiger partial charge is 0.330 e. The number of likely N-dealkylation sites (N-methyl/N-ethyl adjacent to an activating group) is 2. The Bertz CT molecular complexity index is 2450. The summed E-state index contributed by atoms with van der Waals surface area (Å²) in [6.07, 6.45) is -0.981. The Morgan fingerprint density at radius 2 is 1.24 bits per heavy atom. The van der Waals surface area contributed by atoms with E-state index in [-0.39, 0.29) is 11.1 Å². The highest BCUT2D eigenvalue weighted by Crippen LogP contribution is 2.27. The molecule has 2 atom stereocenters. The molecule has 6 aromatic rings. The fourth-order valence-electron chi connectivity index (χ4n) is 5.77. The van der Waals surface area contributed by atoms with E-state index in [2.05, 4.69) is 15.0 Å². The van der Waals surface area contributed by atoms with Crippen LogP contribution in [0.25, 0.3) is 20.3 Å². The van der Waals surface area contributed by atoms with Crippen LogP contribution < -0.4 is 24.6 Å². The van der Waals surface area contributed by atoms with E-state index in [1.807, 2.05) is 11.4 Å². The van der Waals surface area contributed by atoms with Crippen molar-refractivity contribution in [2.45, 2.75) is 24.9 Å². The van der Waals surface area contributed by atoms with Crippen molar-refractivity contribution in [1.29, 1.82) is 0 Å². The first-order chi connectivity index (χ1) is 25.6. The molecule has 2 aromatic heterocycles. The third kappa shape index (κ3) is 9.19. The fraction of sp³-hybridized carbons (Fsp3) is 0.167. The van der Waals surface area contributed by atoms with Gasteiger partial charge in [-0.2, -0.15) is 13.1 Å². The third-order valence-corrected chi connectivity index (χ3v) is 11.1. The molecule has 0 saturated carbocycles. The standard InChI is InChI=1S/C36H30F4N6O5S3/c1-45(27-3-5-32-22(15-27)7-8-52-32)34(47)30(13-20-9-23(37)16-24(38)10-20)42-36(49)44-54(50,51)43-31(14-21-11-25(39)17-26(40)12-21)35(48)46(2)28-4-6-33-29(18-28)41-19-53-33/h3-12,15-19,30-31,43H,13-14H2,1-2H3,(H2,42,44,49)/t30-,31-/m0/s1. The number of benzene rings is 4. The fourth-order valence-corrected chi connectivity index (χ4v) is 8.12. The molecule has 0 spiro atoms. The van der Waals surface area contributed by atoms with E-state index in [0.717, 1.165) is 44.0 Å². The van der Waals surface area contributed by atoms with Gasteiger partial charge in [0.2, 0.25) is 11.8 Å². The van der Waals surface area contributed by atoms with E-state index in [1.54, 1.807) is 46.6 Å². The lowest BCUT2D eigenvalue weighted by molar-refractivity contribution is -0.120. The summed E-state index contributed by atoms with van der Waals surface area (Å²) in [4.78, 5) is 47.5. The zero-order valence-electron chi connectivity index (χ0n) is 28.3. The van der Waals surface area contributed by atoms with E-state index < -0.39 is 76.2 Å². The van der Waals surface area contributed by atoms with Crippen molar-refractivity contribution in [3.05, 3.63) is 124 Å². The number of aromatic nitrogens is 1. The van der Waals surface area contributed by atoms with Crippen LogP contribution in [-0.2, 0) is 32.6 Å². The van der Waals surface area contributed by atoms with Crippen molar-refractivity contribution in [1.82, 2.24) is 19.7 Å². The molecule has 4 amide bonds. The van der Waals surface area contributed by atoms with Gasteiger partial charge in [0.05, 0.1) is 15.7 Å². The van der Waals surface area contributed by atoms with Crippen molar-refractivity contribution in [3.63, 3.8) is 0 Å². The lowest BCUT2D eigenvalue weighted by Crippen LogP contribution is -2.57. The molecule has 54 heavy (non-hydrogen) atoms. The number of nitrogens with zero attached hydrogens (tertiary/aromatic N) is 3. The molecule has 0 bridgehead atoms. The van der Waals surface area contributed by atoms with Crippen LogP contribution in [0.3, 0.4) is 0 Å². The predicted octanol–water partition coefficient (Wildman–Crippen LogP) is 6.05. The SMILES string of the molecule is CN(C(=O)[C@H](Cc1cc(F)cc(F)c1)NC(=O)NS(=O)(=O)N[C@@H](Cc1cc(F)cc(F)c1)C(=O)N(C)c1ccc2scnc2c1)c1ccc2sccc2c1. The second kappa shape index (κ2) is 15.9. The topological polar surface area (TPSA) is 141 Å².